The van der Waals surface area contributed by atoms with E-state index in [9.17, 15) is 5.11 Å². The van der Waals surface area contributed by atoms with Crippen LogP contribution >= 0.6 is 0 Å². The number of rotatable bonds is 4. The number of hydrogen-bond acceptors (Lipinski definition) is 3. The van der Waals surface area contributed by atoms with E-state index < -0.39 is 0 Å². The summed E-state index contributed by atoms with van der Waals surface area (Å²) in [5, 5.41) is 13.3. The van der Waals surface area contributed by atoms with Gasteiger partial charge in [-0.25, -0.2) is 0 Å². The fourth-order valence-electron chi connectivity index (χ4n) is 4.62. The Bertz CT molecular complexity index is 1130. The summed E-state index contributed by atoms with van der Waals surface area (Å²) in [6.07, 6.45) is 0. The van der Waals surface area contributed by atoms with Crippen LogP contribution in [0, 0.1) is 0 Å². The van der Waals surface area contributed by atoms with E-state index >= 15 is 0 Å². The fourth-order valence-corrected chi connectivity index (χ4v) is 4.62. The van der Waals surface area contributed by atoms with E-state index in [1.54, 1.807) is 0 Å². The largest absolute Gasteiger partial charge is 0.508 e. The maximum absolute atomic E-state index is 11.1. The van der Waals surface area contributed by atoms with Crippen molar-refractivity contribution in [1.29, 1.82) is 0 Å². The highest BCUT2D eigenvalue weighted by molar-refractivity contribution is 5.88. The second-order valence-corrected chi connectivity index (χ2v) is 7.77. The van der Waals surface area contributed by atoms with Gasteiger partial charge in [0.1, 0.15) is 5.75 Å². The van der Waals surface area contributed by atoms with Crippen molar-refractivity contribution in [3.63, 3.8) is 0 Å². The Morgan fingerprint density at radius 3 is 2.30 bits per heavy atom. The van der Waals surface area contributed by atoms with Crippen LogP contribution in [0.3, 0.4) is 0 Å². The zero-order valence-electron chi connectivity index (χ0n) is 16.8. The number of fused-ring (bicyclic) bond motifs is 1. The van der Waals surface area contributed by atoms with Gasteiger partial charge in [-0.3, -0.25) is 4.90 Å². The highest BCUT2D eigenvalue weighted by Gasteiger charge is 2.34. The van der Waals surface area contributed by atoms with Crippen LogP contribution in [-0.2, 0) is 4.74 Å². The summed E-state index contributed by atoms with van der Waals surface area (Å²) in [5.74, 6) is 0.334. The summed E-state index contributed by atoms with van der Waals surface area (Å²) in [5.41, 5.74) is 3.37. The Morgan fingerprint density at radius 2 is 1.50 bits per heavy atom. The van der Waals surface area contributed by atoms with Gasteiger partial charge in [0.15, 0.2) is 0 Å². The van der Waals surface area contributed by atoms with E-state index in [1.807, 2.05) is 36.4 Å². The van der Waals surface area contributed by atoms with Gasteiger partial charge in [-0.1, -0.05) is 91.0 Å². The van der Waals surface area contributed by atoms with E-state index in [4.69, 9.17) is 4.74 Å². The molecule has 3 nitrogen and oxygen atoms in total. The summed E-state index contributed by atoms with van der Waals surface area (Å²) in [4.78, 5) is 2.48. The van der Waals surface area contributed by atoms with E-state index in [2.05, 4.69) is 65.6 Å². The lowest BCUT2D eigenvalue weighted by molar-refractivity contribution is -0.0234. The molecule has 150 valence electrons. The monoisotopic (exact) mass is 395 g/mol. The topological polar surface area (TPSA) is 32.7 Å². The van der Waals surface area contributed by atoms with Gasteiger partial charge in [-0.2, -0.15) is 0 Å². The Labute approximate surface area is 177 Å². The van der Waals surface area contributed by atoms with Crippen molar-refractivity contribution in [3.8, 4) is 5.75 Å². The number of phenolic OH excluding ortho intramolecular Hbond substituents is 1. The van der Waals surface area contributed by atoms with Gasteiger partial charge in [0, 0.05) is 12.1 Å². The SMILES string of the molecule is Oc1ccc2ccccc2c1[C@@H](c1ccccc1)N1CCOC[C@@H]1c1ccccc1. The smallest absolute Gasteiger partial charge is 0.121 e. The van der Waals surface area contributed by atoms with Crippen molar-refractivity contribution in [2.75, 3.05) is 19.8 Å². The summed E-state index contributed by atoms with van der Waals surface area (Å²) >= 11 is 0. The third-order valence-corrected chi connectivity index (χ3v) is 6.02. The molecule has 0 saturated carbocycles. The minimum atomic E-state index is -0.0774. The molecule has 4 aromatic rings. The zero-order chi connectivity index (χ0) is 20.3. The number of hydrogen-bond donors (Lipinski definition) is 1. The molecule has 1 fully saturated rings. The molecule has 0 spiro atoms. The van der Waals surface area contributed by atoms with Gasteiger partial charge >= 0.3 is 0 Å². The van der Waals surface area contributed by atoms with Gasteiger partial charge in [-0.05, 0) is 28.0 Å². The molecule has 30 heavy (non-hydrogen) atoms. The maximum atomic E-state index is 11.1. The molecule has 0 unspecified atom stereocenters. The third-order valence-electron chi connectivity index (χ3n) is 6.02. The van der Waals surface area contributed by atoms with Gasteiger partial charge in [0.2, 0.25) is 0 Å². The lowest BCUT2D eigenvalue weighted by Gasteiger charge is -2.42. The molecule has 2 atom stereocenters. The first-order valence-electron chi connectivity index (χ1n) is 10.5. The second-order valence-electron chi connectivity index (χ2n) is 7.77. The molecule has 3 heteroatoms. The molecular formula is C27H25NO2. The quantitative estimate of drug-likeness (QED) is 0.480. The predicted molar refractivity (Wildman–Crippen MR) is 121 cm³/mol. The van der Waals surface area contributed by atoms with E-state index in [0.29, 0.717) is 19.0 Å². The fraction of sp³-hybridized carbons (Fsp3) is 0.185. The number of phenols is 1. The average molecular weight is 396 g/mol. The van der Waals surface area contributed by atoms with Crippen molar-refractivity contribution in [3.05, 3.63) is 114 Å². The van der Waals surface area contributed by atoms with E-state index in [-0.39, 0.29) is 12.1 Å². The molecule has 1 heterocycles. The average Bonchev–Trinajstić information content (AvgIpc) is 2.82. The molecule has 4 aromatic carbocycles. The second kappa shape index (κ2) is 8.31. The van der Waals surface area contributed by atoms with Crippen molar-refractivity contribution in [1.82, 2.24) is 4.90 Å². The van der Waals surface area contributed by atoms with Crippen LogP contribution in [0.1, 0.15) is 28.8 Å². The molecule has 0 aliphatic carbocycles. The van der Waals surface area contributed by atoms with Gasteiger partial charge in [0.25, 0.3) is 0 Å². The van der Waals surface area contributed by atoms with Gasteiger partial charge in [0.05, 0.1) is 25.3 Å². The first-order chi connectivity index (χ1) is 14.8. The van der Waals surface area contributed by atoms with Crippen LogP contribution in [0.5, 0.6) is 5.75 Å². The summed E-state index contributed by atoms with van der Waals surface area (Å²) in [7, 11) is 0. The normalized spacial score (nSPS) is 18.3. The predicted octanol–water partition coefficient (Wildman–Crippen LogP) is 5.71. The number of ether oxygens (including phenoxy) is 1. The highest BCUT2D eigenvalue weighted by atomic mass is 16.5. The molecule has 1 aliphatic heterocycles. The van der Waals surface area contributed by atoms with Crippen molar-refractivity contribution >= 4 is 10.8 Å². The zero-order valence-corrected chi connectivity index (χ0v) is 16.8. The Kier molecular flexibility index (Phi) is 5.22. The van der Waals surface area contributed by atoms with Crippen molar-refractivity contribution in [2.45, 2.75) is 12.1 Å². The summed E-state index contributed by atoms with van der Waals surface area (Å²) in [6.45, 7) is 2.11. The van der Waals surface area contributed by atoms with Crippen LogP contribution < -0.4 is 0 Å². The van der Waals surface area contributed by atoms with E-state index in [0.717, 1.165) is 22.9 Å². The minimum absolute atomic E-state index is 0.0774. The van der Waals surface area contributed by atoms with Crippen LogP contribution in [0.15, 0.2) is 97.1 Å². The molecule has 0 radical (unpaired) electrons. The number of nitrogens with zero attached hydrogens (tertiary/aromatic N) is 1. The molecule has 0 aromatic heterocycles. The lowest BCUT2D eigenvalue weighted by atomic mass is 9.89. The Morgan fingerprint density at radius 1 is 0.800 bits per heavy atom. The molecule has 1 N–H and O–H groups in total. The first-order valence-corrected chi connectivity index (χ1v) is 10.5. The molecule has 0 bridgehead atoms. The Hall–Kier alpha value is -3.14. The van der Waals surface area contributed by atoms with Gasteiger partial charge < -0.3 is 9.84 Å². The number of morpholine rings is 1. The number of aromatic hydroxyl groups is 1. The van der Waals surface area contributed by atoms with Gasteiger partial charge in [-0.15, -0.1) is 0 Å². The van der Waals surface area contributed by atoms with Crippen LogP contribution in [-0.4, -0.2) is 29.8 Å². The maximum Gasteiger partial charge on any atom is 0.121 e. The third kappa shape index (κ3) is 3.47. The van der Waals surface area contributed by atoms with E-state index in [1.165, 1.54) is 11.1 Å². The molecular weight excluding hydrogens is 370 g/mol. The van der Waals surface area contributed by atoms with Crippen molar-refractivity contribution in [2.24, 2.45) is 0 Å². The first kappa shape index (κ1) is 18.9. The molecule has 1 aliphatic rings. The summed E-state index contributed by atoms with van der Waals surface area (Å²) < 4.78 is 5.90. The standard InChI is InChI=1S/C27H25NO2/c29-25-16-15-20-9-7-8-14-23(20)26(25)27(22-12-5-2-6-13-22)28-17-18-30-19-24(28)21-10-3-1-4-11-21/h1-16,24,27,29H,17-19H2/t24-,27-/m1/s1. The minimum Gasteiger partial charge on any atom is -0.508 e. The van der Waals surface area contributed by atoms with Crippen LogP contribution in [0.4, 0.5) is 0 Å². The molecule has 0 amide bonds. The molecule has 1 saturated heterocycles. The lowest BCUT2D eigenvalue weighted by Crippen LogP contribution is -2.42. The number of benzene rings is 4. The van der Waals surface area contributed by atoms with Crippen molar-refractivity contribution < 1.29 is 9.84 Å². The highest BCUT2D eigenvalue weighted by Crippen LogP contribution is 2.43. The van der Waals surface area contributed by atoms with Crippen LogP contribution in [0.2, 0.25) is 0 Å². The van der Waals surface area contributed by atoms with Crippen LogP contribution in [0.25, 0.3) is 10.8 Å². The molecule has 5 rings (SSSR count). The summed E-state index contributed by atoms with van der Waals surface area (Å²) in [6, 6.07) is 33.2. The Balaban J connectivity index is 1.72.